The van der Waals surface area contributed by atoms with E-state index >= 15 is 0 Å². The van der Waals surface area contributed by atoms with Crippen molar-refractivity contribution in [2.75, 3.05) is 6.61 Å². The van der Waals surface area contributed by atoms with Crippen LogP contribution in [0.25, 0.3) is 0 Å². The van der Waals surface area contributed by atoms with Crippen LogP contribution in [0.4, 0.5) is 0 Å². The predicted molar refractivity (Wildman–Crippen MR) is 57.5 cm³/mol. The van der Waals surface area contributed by atoms with E-state index in [0.717, 1.165) is 0 Å². The Kier molecular flexibility index (Phi) is 4.74. The quantitative estimate of drug-likeness (QED) is 0.588. The molecule has 1 aromatic rings. The number of rotatable bonds is 6. The summed E-state index contributed by atoms with van der Waals surface area (Å²) in [6.07, 6.45) is 0.316. The zero-order valence-electron chi connectivity index (χ0n) is 9.21. The molecule has 0 aromatic heterocycles. The van der Waals surface area contributed by atoms with Crippen LogP contribution in [0.2, 0.25) is 0 Å². The third-order valence-electron chi connectivity index (χ3n) is 1.85. The van der Waals surface area contributed by atoms with Gasteiger partial charge in [0.2, 0.25) is 5.91 Å². The number of nitrogens with zero attached hydrogens (tertiary/aromatic N) is 1. The van der Waals surface area contributed by atoms with Gasteiger partial charge >= 0.3 is 0 Å². The third kappa shape index (κ3) is 4.83. The Bertz CT molecular complexity index is 407. The number of carbonyl (C=O) groups excluding carboxylic acids is 1. The number of hydrogen-bond acceptors (Lipinski definition) is 5. The maximum Gasteiger partial charge on any atom is 0.294 e. The lowest BCUT2D eigenvalue weighted by Gasteiger charge is -2.09. The minimum atomic E-state index is -0.850. The highest BCUT2D eigenvalue weighted by Crippen LogP contribution is 2.17. The number of hydrogen-bond donors (Lipinski definition) is 1. The summed E-state index contributed by atoms with van der Waals surface area (Å²) in [5, 5.41) is 9.13. The highest BCUT2D eigenvalue weighted by atomic mass is 16.9. The van der Waals surface area contributed by atoms with Crippen molar-refractivity contribution < 1.29 is 19.6 Å². The Morgan fingerprint density at radius 3 is 2.82 bits per heavy atom. The van der Waals surface area contributed by atoms with Crippen LogP contribution in [0.3, 0.4) is 0 Å². The molecule has 1 amide bonds. The summed E-state index contributed by atoms with van der Waals surface area (Å²) in [6.45, 7) is 1.26. The van der Waals surface area contributed by atoms with Gasteiger partial charge in [0, 0.05) is 6.92 Å². The van der Waals surface area contributed by atoms with Crippen molar-refractivity contribution in [3.63, 3.8) is 0 Å². The lowest BCUT2D eigenvalue weighted by molar-refractivity contribution is -0.757. The SMILES string of the molecule is CC(=O)NOc1ccccc1CCO[N+](=O)[O-]. The first-order valence-electron chi connectivity index (χ1n) is 4.88. The van der Waals surface area contributed by atoms with Gasteiger partial charge in [0.05, 0.1) is 0 Å². The second-order valence-corrected chi connectivity index (χ2v) is 3.17. The molecule has 0 radical (unpaired) electrons. The molecule has 1 N–H and O–H groups in total. The van der Waals surface area contributed by atoms with Gasteiger partial charge in [0.25, 0.3) is 5.09 Å². The Hall–Kier alpha value is -2.31. The fourth-order valence-electron chi connectivity index (χ4n) is 1.17. The maximum atomic E-state index is 10.7. The summed E-state index contributed by atoms with van der Waals surface area (Å²) in [4.78, 5) is 29.9. The summed E-state index contributed by atoms with van der Waals surface area (Å²) in [5.74, 6) is 0.107. The summed E-state index contributed by atoms with van der Waals surface area (Å²) in [5.41, 5.74) is 2.90. The van der Waals surface area contributed by atoms with Gasteiger partial charge in [-0.1, -0.05) is 18.2 Å². The molecule has 1 rings (SSSR count). The lowest BCUT2D eigenvalue weighted by atomic mass is 10.1. The van der Waals surface area contributed by atoms with E-state index in [1.54, 1.807) is 24.3 Å². The first kappa shape index (κ1) is 12.8. The second-order valence-electron chi connectivity index (χ2n) is 3.17. The average molecular weight is 240 g/mol. The second kappa shape index (κ2) is 6.31. The molecule has 0 aliphatic rings. The van der Waals surface area contributed by atoms with Crippen molar-refractivity contribution in [2.45, 2.75) is 13.3 Å². The number of benzene rings is 1. The molecule has 0 spiro atoms. The minimum absolute atomic E-state index is 0.0621. The van der Waals surface area contributed by atoms with E-state index in [1.165, 1.54) is 6.92 Å². The van der Waals surface area contributed by atoms with Gasteiger partial charge in [-0.15, -0.1) is 10.1 Å². The zero-order valence-corrected chi connectivity index (χ0v) is 9.21. The third-order valence-corrected chi connectivity index (χ3v) is 1.85. The first-order valence-corrected chi connectivity index (χ1v) is 4.88. The molecule has 1 aromatic carbocycles. The molecular formula is C10H12N2O5. The standard InChI is InChI=1S/C10H12N2O5/c1-8(13)11-17-10-5-3-2-4-9(10)6-7-16-12(14)15/h2-5H,6-7H2,1H3,(H,11,13). The molecule has 0 saturated heterocycles. The van der Waals surface area contributed by atoms with Crippen LogP contribution < -0.4 is 10.3 Å². The van der Waals surface area contributed by atoms with Crippen LogP contribution in [0.5, 0.6) is 5.75 Å². The fraction of sp³-hybridized carbons (Fsp3) is 0.300. The molecule has 0 saturated carbocycles. The molecular weight excluding hydrogens is 228 g/mol. The smallest absolute Gasteiger partial charge is 0.294 e. The van der Waals surface area contributed by atoms with Gasteiger partial charge in [-0.3, -0.25) is 4.79 Å². The van der Waals surface area contributed by atoms with E-state index in [1.807, 2.05) is 0 Å². The molecule has 0 aliphatic heterocycles. The van der Waals surface area contributed by atoms with Gasteiger partial charge < -0.3 is 9.68 Å². The van der Waals surface area contributed by atoms with Crippen LogP contribution >= 0.6 is 0 Å². The highest BCUT2D eigenvalue weighted by Gasteiger charge is 2.05. The number of nitrogens with one attached hydrogen (secondary N) is 1. The molecule has 0 fully saturated rings. The van der Waals surface area contributed by atoms with Crippen LogP contribution in [0.1, 0.15) is 12.5 Å². The molecule has 0 heterocycles. The van der Waals surface area contributed by atoms with Crippen LogP contribution in [0, 0.1) is 10.1 Å². The van der Waals surface area contributed by atoms with Gasteiger partial charge in [0.15, 0.2) is 5.75 Å². The molecule has 92 valence electrons. The molecule has 7 nitrogen and oxygen atoms in total. The van der Waals surface area contributed by atoms with Crippen molar-refractivity contribution >= 4 is 5.91 Å². The van der Waals surface area contributed by atoms with Crippen molar-refractivity contribution in [3.8, 4) is 5.75 Å². The topological polar surface area (TPSA) is 90.7 Å². The number of para-hydroxylation sites is 1. The van der Waals surface area contributed by atoms with Gasteiger partial charge in [-0.05, 0) is 18.1 Å². The molecule has 0 unspecified atom stereocenters. The Morgan fingerprint density at radius 1 is 1.47 bits per heavy atom. The summed E-state index contributed by atoms with van der Waals surface area (Å²) in [7, 11) is 0. The van der Waals surface area contributed by atoms with Gasteiger partial charge in [-0.2, -0.15) is 5.48 Å². The summed E-state index contributed by atoms with van der Waals surface area (Å²) < 4.78 is 0. The normalized spacial score (nSPS) is 9.47. The first-order chi connectivity index (χ1) is 8.09. The maximum absolute atomic E-state index is 10.7. The van der Waals surface area contributed by atoms with E-state index in [0.29, 0.717) is 17.7 Å². The van der Waals surface area contributed by atoms with Gasteiger partial charge in [0.1, 0.15) is 6.61 Å². The van der Waals surface area contributed by atoms with Crippen molar-refractivity contribution in [2.24, 2.45) is 0 Å². The monoisotopic (exact) mass is 240 g/mol. The number of carbonyl (C=O) groups is 1. The zero-order chi connectivity index (χ0) is 12.7. The fourth-order valence-corrected chi connectivity index (χ4v) is 1.17. The van der Waals surface area contributed by atoms with E-state index in [2.05, 4.69) is 10.3 Å². The summed E-state index contributed by atoms with van der Waals surface area (Å²) in [6, 6.07) is 6.88. The van der Waals surface area contributed by atoms with E-state index in [-0.39, 0.29) is 12.5 Å². The van der Waals surface area contributed by atoms with Gasteiger partial charge in [-0.25, -0.2) is 0 Å². The molecule has 17 heavy (non-hydrogen) atoms. The Labute approximate surface area is 97.4 Å². The van der Waals surface area contributed by atoms with Crippen molar-refractivity contribution in [1.82, 2.24) is 5.48 Å². The molecule has 0 bridgehead atoms. The minimum Gasteiger partial charge on any atom is -0.379 e. The van der Waals surface area contributed by atoms with Crippen molar-refractivity contribution in [1.29, 1.82) is 0 Å². The van der Waals surface area contributed by atoms with E-state index in [9.17, 15) is 14.9 Å². The van der Waals surface area contributed by atoms with Crippen LogP contribution in [-0.4, -0.2) is 17.6 Å². The predicted octanol–water partition coefficient (Wildman–Crippen LogP) is 0.867. The van der Waals surface area contributed by atoms with E-state index < -0.39 is 5.09 Å². The largest absolute Gasteiger partial charge is 0.379 e. The molecule has 0 atom stereocenters. The lowest BCUT2D eigenvalue weighted by Crippen LogP contribution is -2.24. The van der Waals surface area contributed by atoms with E-state index in [4.69, 9.17) is 4.84 Å². The Morgan fingerprint density at radius 2 is 2.18 bits per heavy atom. The van der Waals surface area contributed by atoms with Crippen LogP contribution in [0.15, 0.2) is 24.3 Å². The van der Waals surface area contributed by atoms with Crippen molar-refractivity contribution in [3.05, 3.63) is 39.9 Å². The number of hydroxylamine groups is 1. The number of amides is 1. The highest BCUT2D eigenvalue weighted by molar-refractivity contribution is 5.71. The molecule has 7 heteroatoms. The van der Waals surface area contributed by atoms with Crippen LogP contribution in [-0.2, 0) is 16.1 Å². The Balaban J connectivity index is 2.57. The molecule has 0 aliphatic carbocycles. The average Bonchev–Trinajstić information content (AvgIpc) is 2.27. The summed E-state index contributed by atoms with van der Waals surface area (Å²) >= 11 is 0.